The van der Waals surface area contributed by atoms with E-state index >= 15 is 0 Å². The van der Waals surface area contributed by atoms with Gasteiger partial charge < -0.3 is 15.0 Å². The number of likely N-dealkylation sites (N-methyl/N-ethyl adjacent to an activating group) is 1. The first-order valence-corrected chi connectivity index (χ1v) is 6.78. The first kappa shape index (κ1) is 13.9. The Hall–Kier alpha value is -1.56. The number of hydrogen-bond acceptors (Lipinski definition) is 3. The van der Waals surface area contributed by atoms with Crippen molar-refractivity contribution in [2.75, 3.05) is 20.2 Å². The summed E-state index contributed by atoms with van der Waals surface area (Å²) in [6.45, 7) is 0.590. The van der Waals surface area contributed by atoms with Crippen molar-refractivity contribution >= 4 is 27.7 Å². The van der Waals surface area contributed by atoms with Gasteiger partial charge in [0.25, 0.3) is 5.91 Å². The van der Waals surface area contributed by atoms with Gasteiger partial charge in [0.1, 0.15) is 11.8 Å². The van der Waals surface area contributed by atoms with Crippen molar-refractivity contribution in [2.45, 2.75) is 12.5 Å². The zero-order chi connectivity index (χ0) is 13.8. The Morgan fingerprint density at radius 1 is 1.47 bits per heavy atom. The van der Waals surface area contributed by atoms with Crippen LogP contribution in [0.5, 0.6) is 5.75 Å². The number of carbonyl (C=O) groups excluding carboxylic acids is 2. The number of likely N-dealkylation sites (tertiary alicyclic amines) is 1. The average Bonchev–Trinajstić information content (AvgIpc) is 2.70. The van der Waals surface area contributed by atoms with Crippen molar-refractivity contribution in [1.82, 2.24) is 10.2 Å². The maximum absolute atomic E-state index is 11.7. The Balaban J connectivity index is 1.79. The lowest BCUT2D eigenvalue weighted by atomic mass is 10.2. The quantitative estimate of drug-likeness (QED) is 0.903. The predicted octanol–water partition coefficient (Wildman–Crippen LogP) is 1.17. The zero-order valence-electron chi connectivity index (χ0n) is 10.6. The van der Waals surface area contributed by atoms with Crippen molar-refractivity contribution in [3.63, 3.8) is 0 Å². The number of nitrogens with one attached hydrogen (secondary N) is 1. The van der Waals surface area contributed by atoms with Crippen molar-refractivity contribution in [2.24, 2.45) is 0 Å². The van der Waals surface area contributed by atoms with Crippen LogP contribution in [0.2, 0.25) is 0 Å². The van der Waals surface area contributed by atoms with Gasteiger partial charge in [-0.15, -0.1) is 0 Å². The van der Waals surface area contributed by atoms with Crippen LogP contribution >= 0.6 is 15.9 Å². The third-order valence-electron chi connectivity index (χ3n) is 2.95. The van der Waals surface area contributed by atoms with E-state index in [2.05, 4.69) is 21.2 Å². The number of carbonyl (C=O) groups is 2. The molecule has 1 aliphatic rings. The number of amides is 2. The molecule has 6 heteroatoms. The Kier molecular flexibility index (Phi) is 4.42. The Morgan fingerprint density at radius 2 is 2.16 bits per heavy atom. The summed E-state index contributed by atoms with van der Waals surface area (Å²) in [6.07, 6.45) is 0.652. The molecule has 1 N–H and O–H groups in total. The van der Waals surface area contributed by atoms with Gasteiger partial charge in [-0.05, 0) is 30.7 Å². The van der Waals surface area contributed by atoms with E-state index < -0.39 is 6.04 Å². The molecule has 1 unspecified atom stereocenters. The molecule has 1 aromatic carbocycles. The second-order valence-corrected chi connectivity index (χ2v) is 5.33. The lowest BCUT2D eigenvalue weighted by molar-refractivity contribution is -0.132. The molecular weight excluding hydrogens is 312 g/mol. The summed E-state index contributed by atoms with van der Waals surface area (Å²) in [5.74, 6) is 0.293. The molecule has 1 aromatic rings. The fraction of sp³-hybridized carbons (Fsp3) is 0.385. The van der Waals surface area contributed by atoms with Gasteiger partial charge in [0.15, 0.2) is 6.61 Å². The van der Waals surface area contributed by atoms with Gasteiger partial charge in [-0.3, -0.25) is 9.59 Å². The normalized spacial score (nSPS) is 18.5. The minimum Gasteiger partial charge on any atom is -0.484 e. The molecule has 1 aliphatic heterocycles. The van der Waals surface area contributed by atoms with Crippen molar-refractivity contribution < 1.29 is 14.3 Å². The molecule has 1 atom stereocenters. The van der Waals surface area contributed by atoms with Gasteiger partial charge in [-0.2, -0.15) is 0 Å². The molecule has 1 saturated heterocycles. The highest BCUT2D eigenvalue weighted by atomic mass is 79.9. The lowest BCUT2D eigenvalue weighted by Crippen LogP contribution is -2.42. The van der Waals surface area contributed by atoms with Gasteiger partial charge in [0.2, 0.25) is 5.91 Å². The van der Waals surface area contributed by atoms with E-state index in [-0.39, 0.29) is 18.4 Å². The van der Waals surface area contributed by atoms with Gasteiger partial charge in [0.05, 0.1) is 0 Å². The summed E-state index contributed by atoms with van der Waals surface area (Å²) in [5, 5.41) is 2.68. The largest absolute Gasteiger partial charge is 0.484 e. The van der Waals surface area contributed by atoms with Gasteiger partial charge >= 0.3 is 0 Å². The SMILES string of the molecule is CN1CCC(NC(=O)COc2ccc(Br)cc2)C1=O. The molecule has 0 bridgehead atoms. The molecular formula is C13H15BrN2O3. The zero-order valence-corrected chi connectivity index (χ0v) is 12.1. The van der Waals surface area contributed by atoms with Crippen LogP contribution in [-0.2, 0) is 9.59 Å². The summed E-state index contributed by atoms with van der Waals surface area (Å²) in [6, 6.07) is 6.80. The highest BCUT2D eigenvalue weighted by Gasteiger charge is 2.30. The molecule has 0 saturated carbocycles. The van der Waals surface area contributed by atoms with Gasteiger partial charge in [0, 0.05) is 18.1 Å². The predicted molar refractivity (Wildman–Crippen MR) is 73.8 cm³/mol. The number of nitrogens with zero attached hydrogens (tertiary/aromatic N) is 1. The maximum atomic E-state index is 11.7. The highest BCUT2D eigenvalue weighted by Crippen LogP contribution is 2.16. The minimum absolute atomic E-state index is 0.0445. The number of halogens is 1. The first-order valence-electron chi connectivity index (χ1n) is 5.99. The molecule has 0 radical (unpaired) electrons. The molecule has 5 nitrogen and oxygen atoms in total. The van der Waals surface area contributed by atoms with Crippen LogP contribution in [0, 0.1) is 0 Å². The number of benzene rings is 1. The highest BCUT2D eigenvalue weighted by molar-refractivity contribution is 9.10. The van der Waals surface area contributed by atoms with Crippen LogP contribution in [0.3, 0.4) is 0 Å². The third kappa shape index (κ3) is 3.70. The van der Waals surface area contributed by atoms with Crippen LogP contribution in [0.15, 0.2) is 28.7 Å². The Labute approximate surface area is 120 Å². The summed E-state index contributed by atoms with van der Waals surface area (Å²) >= 11 is 3.32. The molecule has 102 valence electrons. The average molecular weight is 327 g/mol. The topological polar surface area (TPSA) is 58.6 Å². The fourth-order valence-corrected chi connectivity index (χ4v) is 2.14. The molecule has 19 heavy (non-hydrogen) atoms. The van der Waals surface area contributed by atoms with Crippen LogP contribution in [0.25, 0.3) is 0 Å². The summed E-state index contributed by atoms with van der Waals surface area (Å²) in [7, 11) is 1.73. The second-order valence-electron chi connectivity index (χ2n) is 4.41. The lowest BCUT2D eigenvalue weighted by Gasteiger charge is -2.12. The van der Waals surface area contributed by atoms with Gasteiger partial charge in [-0.1, -0.05) is 15.9 Å². The van der Waals surface area contributed by atoms with Gasteiger partial charge in [-0.25, -0.2) is 0 Å². The first-order chi connectivity index (χ1) is 9.06. The number of hydrogen-bond donors (Lipinski definition) is 1. The summed E-state index contributed by atoms with van der Waals surface area (Å²) < 4.78 is 6.29. The van der Waals surface area contributed by atoms with E-state index in [1.54, 1.807) is 24.1 Å². The Bertz CT molecular complexity index is 475. The van der Waals surface area contributed by atoms with Crippen molar-refractivity contribution in [3.05, 3.63) is 28.7 Å². The van der Waals surface area contributed by atoms with Crippen LogP contribution in [-0.4, -0.2) is 43.0 Å². The standard InChI is InChI=1S/C13H15BrN2O3/c1-16-7-6-11(13(16)18)15-12(17)8-19-10-4-2-9(14)3-5-10/h2-5,11H,6-8H2,1H3,(H,15,17). The number of ether oxygens (including phenoxy) is 1. The van der Waals surface area contributed by atoms with E-state index in [9.17, 15) is 9.59 Å². The smallest absolute Gasteiger partial charge is 0.258 e. The third-order valence-corrected chi connectivity index (χ3v) is 3.47. The van der Waals surface area contributed by atoms with Crippen LogP contribution in [0.4, 0.5) is 0 Å². The maximum Gasteiger partial charge on any atom is 0.258 e. The van der Waals surface area contributed by atoms with Crippen LogP contribution in [0.1, 0.15) is 6.42 Å². The van der Waals surface area contributed by atoms with Crippen LogP contribution < -0.4 is 10.1 Å². The Morgan fingerprint density at radius 3 is 2.74 bits per heavy atom. The minimum atomic E-state index is -0.411. The molecule has 0 spiro atoms. The van der Waals surface area contributed by atoms with E-state index in [0.29, 0.717) is 18.7 Å². The molecule has 1 fully saturated rings. The molecule has 2 rings (SSSR count). The molecule has 0 aliphatic carbocycles. The second kappa shape index (κ2) is 6.06. The molecule has 2 amide bonds. The van der Waals surface area contributed by atoms with E-state index in [0.717, 1.165) is 4.47 Å². The summed E-state index contributed by atoms with van der Waals surface area (Å²) in [5.41, 5.74) is 0. The monoisotopic (exact) mass is 326 g/mol. The van der Waals surface area contributed by atoms with E-state index in [1.165, 1.54) is 0 Å². The molecule has 1 heterocycles. The summed E-state index contributed by atoms with van der Waals surface area (Å²) in [4.78, 5) is 24.9. The molecule has 0 aromatic heterocycles. The number of rotatable bonds is 4. The van der Waals surface area contributed by atoms with Crippen molar-refractivity contribution in [1.29, 1.82) is 0 Å². The van der Waals surface area contributed by atoms with E-state index in [4.69, 9.17) is 4.74 Å². The van der Waals surface area contributed by atoms with E-state index in [1.807, 2.05) is 12.1 Å². The van der Waals surface area contributed by atoms with Crippen molar-refractivity contribution in [3.8, 4) is 5.75 Å². The fourth-order valence-electron chi connectivity index (χ4n) is 1.87.